The van der Waals surface area contributed by atoms with Crippen LogP contribution < -0.4 is 4.72 Å². The number of nitrogens with one attached hydrogen (secondary N) is 1. The summed E-state index contributed by atoms with van der Waals surface area (Å²) < 4.78 is 24.2. The highest BCUT2D eigenvalue weighted by Gasteiger charge is 2.25. The van der Waals surface area contributed by atoms with Crippen LogP contribution in [-0.2, 0) is 15.8 Å². The molecule has 94 valence electrons. The molecule has 1 N–H and O–H groups in total. The summed E-state index contributed by atoms with van der Waals surface area (Å²) in [4.78, 5) is 2.22. The Labute approximate surface area is 106 Å². The van der Waals surface area contributed by atoms with Crippen molar-refractivity contribution in [2.75, 3.05) is 13.1 Å². The molecule has 1 saturated heterocycles. The van der Waals surface area contributed by atoms with Gasteiger partial charge >= 0.3 is 0 Å². The molecule has 1 fully saturated rings. The highest BCUT2D eigenvalue weighted by Crippen LogP contribution is 2.14. The van der Waals surface area contributed by atoms with Gasteiger partial charge in [0.2, 0.25) is 0 Å². The normalized spacial score (nSPS) is 21.8. The van der Waals surface area contributed by atoms with Gasteiger partial charge in [0, 0.05) is 36.4 Å². The van der Waals surface area contributed by atoms with Gasteiger partial charge in [-0.25, -0.2) is 0 Å². The number of likely N-dealkylation sites (tertiary alicyclic amines) is 1. The maximum atomic E-state index is 10.9. The van der Waals surface area contributed by atoms with Crippen LogP contribution in [0.4, 0.5) is 0 Å². The third kappa shape index (κ3) is 4.27. The minimum absolute atomic E-state index is 0.0683. The number of hydrogen-bond acceptors (Lipinski definition) is 3. The van der Waals surface area contributed by atoms with Crippen LogP contribution in [0.1, 0.15) is 12.0 Å². The summed E-state index contributed by atoms with van der Waals surface area (Å²) >= 11 is 0. The topological polar surface area (TPSA) is 49.4 Å². The second kappa shape index (κ2) is 5.35. The second-order valence-corrected chi connectivity index (χ2v) is 6.59. The Morgan fingerprint density at radius 2 is 2.06 bits per heavy atom. The summed E-state index contributed by atoms with van der Waals surface area (Å²) in [5.41, 5.74) is 1.24. The number of benzene rings is 1. The summed E-state index contributed by atoms with van der Waals surface area (Å²) in [6, 6.07) is 10.1. The van der Waals surface area contributed by atoms with E-state index in [9.17, 15) is 8.42 Å². The SMILES string of the molecule is O=S(=O)(Cl)N[C@H]1CCN(Cc2ccccc2)C1. The van der Waals surface area contributed by atoms with Crippen LogP contribution in [0, 0.1) is 0 Å². The van der Waals surface area contributed by atoms with Crippen molar-refractivity contribution in [1.82, 2.24) is 9.62 Å². The van der Waals surface area contributed by atoms with Gasteiger partial charge in [-0.2, -0.15) is 13.1 Å². The van der Waals surface area contributed by atoms with Gasteiger partial charge in [-0.3, -0.25) is 4.90 Å². The van der Waals surface area contributed by atoms with E-state index in [1.807, 2.05) is 18.2 Å². The van der Waals surface area contributed by atoms with Gasteiger partial charge in [0.1, 0.15) is 0 Å². The Morgan fingerprint density at radius 1 is 1.35 bits per heavy atom. The number of hydrogen-bond donors (Lipinski definition) is 1. The lowest BCUT2D eigenvalue weighted by Crippen LogP contribution is -2.34. The lowest BCUT2D eigenvalue weighted by molar-refractivity contribution is 0.325. The van der Waals surface area contributed by atoms with Gasteiger partial charge in [0.25, 0.3) is 9.24 Å². The molecular formula is C11H15ClN2O2S. The molecule has 0 saturated carbocycles. The fourth-order valence-corrected chi connectivity index (χ4v) is 3.08. The highest BCUT2D eigenvalue weighted by molar-refractivity contribution is 8.12. The smallest absolute Gasteiger partial charge is 0.297 e. The molecule has 2 rings (SSSR count). The number of nitrogens with zero attached hydrogens (tertiary/aromatic N) is 1. The molecule has 0 spiro atoms. The lowest BCUT2D eigenvalue weighted by Gasteiger charge is -2.15. The van der Waals surface area contributed by atoms with Gasteiger partial charge < -0.3 is 0 Å². The molecule has 1 aliphatic heterocycles. The first-order chi connectivity index (χ1) is 8.03. The largest absolute Gasteiger partial charge is 0.297 e. The van der Waals surface area contributed by atoms with Crippen LogP contribution in [-0.4, -0.2) is 32.4 Å². The van der Waals surface area contributed by atoms with Crippen LogP contribution >= 0.6 is 10.7 Å². The average Bonchev–Trinajstić information content (AvgIpc) is 2.64. The van der Waals surface area contributed by atoms with Crippen molar-refractivity contribution in [3.8, 4) is 0 Å². The molecule has 0 amide bonds. The van der Waals surface area contributed by atoms with Gasteiger partial charge in [-0.15, -0.1) is 0 Å². The van der Waals surface area contributed by atoms with Crippen molar-refractivity contribution in [2.24, 2.45) is 0 Å². The molecule has 4 nitrogen and oxygen atoms in total. The van der Waals surface area contributed by atoms with Crippen molar-refractivity contribution in [2.45, 2.75) is 19.0 Å². The molecule has 1 aromatic carbocycles. The molecule has 1 atom stereocenters. The lowest BCUT2D eigenvalue weighted by atomic mass is 10.2. The van der Waals surface area contributed by atoms with E-state index < -0.39 is 9.24 Å². The fourth-order valence-electron chi connectivity index (χ4n) is 2.11. The monoisotopic (exact) mass is 274 g/mol. The standard InChI is InChI=1S/C11H15ClN2O2S/c12-17(15,16)13-11-6-7-14(9-11)8-10-4-2-1-3-5-10/h1-5,11,13H,6-9H2/t11-/m0/s1. The number of halogens is 1. The summed E-state index contributed by atoms with van der Waals surface area (Å²) in [6.45, 7) is 2.45. The van der Waals surface area contributed by atoms with Crippen molar-refractivity contribution >= 4 is 19.9 Å². The van der Waals surface area contributed by atoms with Crippen molar-refractivity contribution in [3.05, 3.63) is 35.9 Å². The van der Waals surface area contributed by atoms with E-state index in [2.05, 4.69) is 21.8 Å². The predicted molar refractivity (Wildman–Crippen MR) is 68.0 cm³/mol. The molecule has 0 aromatic heterocycles. The molecular weight excluding hydrogens is 260 g/mol. The van der Waals surface area contributed by atoms with Crippen LogP contribution in [0.25, 0.3) is 0 Å². The predicted octanol–water partition coefficient (Wildman–Crippen LogP) is 1.33. The molecule has 0 unspecified atom stereocenters. The highest BCUT2D eigenvalue weighted by atomic mass is 35.7. The third-order valence-electron chi connectivity index (χ3n) is 2.83. The van der Waals surface area contributed by atoms with E-state index in [4.69, 9.17) is 10.7 Å². The van der Waals surface area contributed by atoms with Crippen molar-refractivity contribution in [1.29, 1.82) is 0 Å². The first kappa shape index (κ1) is 12.8. The molecule has 1 aromatic rings. The molecule has 6 heteroatoms. The zero-order valence-corrected chi connectivity index (χ0v) is 10.9. The van der Waals surface area contributed by atoms with Crippen molar-refractivity contribution < 1.29 is 8.42 Å². The minimum Gasteiger partial charge on any atom is -0.297 e. The molecule has 0 bridgehead atoms. The average molecular weight is 275 g/mol. The number of rotatable bonds is 4. The third-order valence-corrected chi connectivity index (χ3v) is 3.71. The molecule has 0 radical (unpaired) electrons. The van der Waals surface area contributed by atoms with Crippen LogP contribution in [0.5, 0.6) is 0 Å². The summed E-state index contributed by atoms with van der Waals surface area (Å²) in [7, 11) is 1.56. The van der Waals surface area contributed by atoms with Crippen LogP contribution in [0.15, 0.2) is 30.3 Å². The van der Waals surface area contributed by atoms with E-state index >= 15 is 0 Å². The molecule has 17 heavy (non-hydrogen) atoms. The quantitative estimate of drug-likeness (QED) is 0.843. The zero-order chi connectivity index (χ0) is 12.3. The Balaban J connectivity index is 1.86. The maximum Gasteiger partial charge on any atom is 0.297 e. The van der Waals surface area contributed by atoms with E-state index in [0.717, 1.165) is 19.5 Å². The molecule has 0 aliphatic carbocycles. The van der Waals surface area contributed by atoms with E-state index in [0.29, 0.717) is 6.54 Å². The summed E-state index contributed by atoms with van der Waals surface area (Å²) in [5.74, 6) is 0. The Morgan fingerprint density at radius 3 is 2.71 bits per heavy atom. The van der Waals surface area contributed by atoms with Crippen LogP contribution in [0.2, 0.25) is 0 Å². The van der Waals surface area contributed by atoms with Gasteiger partial charge in [-0.05, 0) is 12.0 Å². The van der Waals surface area contributed by atoms with E-state index in [1.165, 1.54) is 5.56 Å². The minimum atomic E-state index is -3.61. The second-order valence-electron chi connectivity index (χ2n) is 4.26. The Hall–Kier alpha value is -0.620. The fraction of sp³-hybridized carbons (Fsp3) is 0.455. The molecule has 1 heterocycles. The van der Waals surface area contributed by atoms with Crippen LogP contribution in [0.3, 0.4) is 0 Å². The Kier molecular flexibility index (Phi) is 4.04. The first-order valence-corrected chi connectivity index (χ1v) is 7.82. The van der Waals surface area contributed by atoms with Crippen molar-refractivity contribution in [3.63, 3.8) is 0 Å². The Bertz CT molecular complexity index is 464. The van der Waals surface area contributed by atoms with Gasteiger partial charge in [-0.1, -0.05) is 30.3 Å². The van der Waals surface area contributed by atoms with Gasteiger partial charge in [0.15, 0.2) is 0 Å². The summed E-state index contributed by atoms with van der Waals surface area (Å²) in [5, 5.41) is 0. The van der Waals surface area contributed by atoms with E-state index in [-0.39, 0.29) is 6.04 Å². The van der Waals surface area contributed by atoms with Gasteiger partial charge in [0.05, 0.1) is 0 Å². The zero-order valence-electron chi connectivity index (χ0n) is 9.34. The summed E-state index contributed by atoms with van der Waals surface area (Å²) in [6.07, 6.45) is 0.804. The van der Waals surface area contributed by atoms with E-state index in [1.54, 1.807) is 0 Å². The first-order valence-electron chi connectivity index (χ1n) is 5.51. The maximum absolute atomic E-state index is 10.9. The molecule has 1 aliphatic rings.